The Hall–Kier alpha value is -3.57. The molecule has 0 amide bonds. The SMILES string of the molecule is CCOc1ccc([C@H]2C(C(=O)OC)=CN=c3s/c(=C/c4cc(Cl)cc(Cl)c4OCc4ccc(Br)cc4)c(=O)n32)cc1OCC. The first-order valence-corrected chi connectivity index (χ1v) is 16.0. The number of carbonyl (C=O) groups excluding carboxylic acids is 1. The number of thiazole rings is 1. The molecule has 5 rings (SSSR count). The number of hydrogen-bond donors (Lipinski definition) is 0. The number of aromatic nitrogens is 1. The maximum atomic E-state index is 14.1. The minimum absolute atomic E-state index is 0.197. The fourth-order valence-electron chi connectivity index (χ4n) is 4.70. The number of fused-ring (bicyclic) bond motifs is 1. The summed E-state index contributed by atoms with van der Waals surface area (Å²) in [5.74, 6) is 0.827. The molecule has 44 heavy (non-hydrogen) atoms. The highest BCUT2D eigenvalue weighted by atomic mass is 79.9. The highest BCUT2D eigenvalue weighted by molar-refractivity contribution is 9.10. The number of hydrogen-bond acceptors (Lipinski definition) is 8. The highest BCUT2D eigenvalue weighted by Crippen LogP contribution is 2.36. The van der Waals surface area contributed by atoms with Gasteiger partial charge in [0.05, 0.1) is 41.5 Å². The first kappa shape index (κ1) is 31.8. The largest absolute Gasteiger partial charge is 0.490 e. The zero-order chi connectivity index (χ0) is 31.4. The van der Waals surface area contributed by atoms with Crippen molar-refractivity contribution in [1.82, 2.24) is 4.57 Å². The lowest BCUT2D eigenvalue weighted by molar-refractivity contribution is -0.136. The molecule has 0 aliphatic carbocycles. The van der Waals surface area contributed by atoms with E-state index >= 15 is 0 Å². The van der Waals surface area contributed by atoms with Crippen molar-refractivity contribution in [2.75, 3.05) is 20.3 Å². The Morgan fingerprint density at radius 3 is 2.45 bits per heavy atom. The van der Waals surface area contributed by atoms with Gasteiger partial charge in [-0.05, 0) is 67.4 Å². The molecule has 1 aliphatic heterocycles. The van der Waals surface area contributed by atoms with E-state index in [4.69, 9.17) is 42.1 Å². The minimum atomic E-state index is -0.827. The molecule has 0 unspecified atom stereocenters. The second-order valence-electron chi connectivity index (χ2n) is 9.47. The van der Waals surface area contributed by atoms with Crippen LogP contribution in [0.2, 0.25) is 10.0 Å². The summed E-state index contributed by atoms with van der Waals surface area (Å²) >= 11 is 17.5. The fourth-order valence-corrected chi connectivity index (χ4v) is 6.49. The molecular weight excluding hydrogens is 691 g/mol. The third-order valence-electron chi connectivity index (χ3n) is 6.63. The summed E-state index contributed by atoms with van der Waals surface area (Å²) in [4.78, 5) is 31.8. The Balaban J connectivity index is 1.62. The van der Waals surface area contributed by atoms with Crippen molar-refractivity contribution < 1.29 is 23.7 Å². The third kappa shape index (κ3) is 6.73. The third-order valence-corrected chi connectivity index (χ3v) is 8.65. The summed E-state index contributed by atoms with van der Waals surface area (Å²) in [5.41, 5.74) is 1.91. The minimum Gasteiger partial charge on any atom is -0.490 e. The molecule has 0 N–H and O–H groups in total. The van der Waals surface area contributed by atoms with Crippen LogP contribution in [0.3, 0.4) is 0 Å². The fraction of sp³-hybridized carbons (Fsp3) is 0.219. The van der Waals surface area contributed by atoms with Crippen LogP contribution in [0.4, 0.5) is 0 Å². The molecule has 228 valence electrons. The summed E-state index contributed by atoms with van der Waals surface area (Å²) in [6.45, 7) is 4.85. The standard InChI is InChI=1S/C32H27BrCl2N2O6S/c1-4-41-25-11-8-19(13-26(25)42-5-2)28-23(31(39)40-3)16-36-32-37(28)30(38)27(44-32)14-20-12-22(34)15-24(35)29(20)43-17-18-6-9-21(33)10-7-18/h6-16,28H,4-5,17H2,1-3H3/b27-14+/t28-/m0/s1. The van der Waals surface area contributed by atoms with Gasteiger partial charge in [0.1, 0.15) is 12.4 Å². The van der Waals surface area contributed by atoms with Gasteiger partial charge in [-0.3, -0.25) is 9.36 Å². The van der Waals surface area contributed by atoms with Gasteiger partial charge in [-0.2, -0.15) is 0 Å². The van der Waals surface area contributed by atoms with Gasteiger partial charge in [0, 0.05) is 21.3 Å². The Bertz CT molecular complexity index is 1920. The predicted octanol–water partition coefficient (Wildman–Crippen LogP) is 6.46. The number of ether oxygens (including phenoxy) is 4. The van der Waals surface area contributed by atoms with E-state index in [1.54, 1.807) is 36.4 Å². The van der Waals surface area contributed by atoms with E-state index in [9.17, 15) is 9.59 Å². The van der Waals surface area contributed by atoms with Crippen molar-refractivity contribution in [3.8, 4) is 17.2 Å². The molecule has 1 atom stereocenters. The first-order chi connectivity index (χ1) is 21.2. The molecule has 1 aromatic heterocycles. The van der Waals surface area contributed by atoms with E-state index in [-0.39, 0.29) is 17.7 Å². The average molecular weight is 718 g/mol. The van der Waals surface area contributed by atoms with Gasteiger partial charge in [-0.25, -0.2) is 9.79 Å². The number of carbonyl (C=O) groups is 1. The monoisotopic (exact) mass is 716 g/mol. The van der Waals surface area contributed by atoms with Crippen molar-refractivity contribution in [2.45, 2.75) is 26.5 Å². The van der Waals surface area contributed by atoms with Crippen LogP contribution in [-0.4, -0.2) is 30.9 Å². The molecular formula is C32H27BrCl2N2O6S. The Kier molecular flexibility index (Phi) is 10.2. The summed E-state index contributed by atoms with van der Waals surface area (Å²) in [7, 11) is 1.29. The van der Waals surface area contributed by atoms with E-state index in [2.05, 4.69) is 20.9 Å². The van der Waals surface area contributed by atoms with Crippen LogP contribution in [0, 0.1) is 0 Å². The molecule has 12 heteroatoms. The quantitative estimate of drug-likeness (QED) is 0.175. The first-order valence-electron chi connectivity index (χ1n) is 13.6. The smallest absolute Gasteiger partial charge is 0.337 e. The summed E-state index contributed by atoms with van der Waals surface area (Å²) < 4.78 is 25.5. The normalized spacial score (nSPS) is 14.4. The van der Waals surface area contributed by atoms with Gasteiger partial charge in [0.15, 0.2) is 16.3 Å². The molecule has 0 spiro atoms. The molecule has 0 saturated heterocycles. The molecule has 4 aromatic rings. The van der Waals surface area contributed by atoms with E-state index in [1.165, 1.54) is 29.2 Å². The zero-order valence-electron chi connectivity index (χ0n) is 23.9. The lowest BCUT2D eigenvalue weighted by Crippen LogP contribution is -2.39. The van der Waals surface area contributed by atoms with Gasteiger partial charge in [0.2, 0.25) is 0 Å². The Morgan fingerprint density at radius 2 is 1.75 bits per heavy atom. The topological polar surface area (TPSA) is 88.4 Å². The van der Waals surface area contributed by atoms with Gasteiger partial charge in [-0.1, -0.05) is 68.7 Å². The van der Waals surface area contributed by atoms with Crippen LogP contribution in [-0.2, 0) is 16.1 Å². The van der Waals surface area contributed by atoms with Crippen molar-refractivity contribution in [1.29, 1.82) is 0 Å². The van der Waals surface area contributed by atoms with Crippen LogP contribution >= 0.6 is 50.5 Å². The number of benzene rings is 3. The van der Waals surface area contributed by atoms with E-state index in [0.29, 0.717) is 61.0 Å². The van der Waals surface area contributed by atoms with Crippen LogP contribution in [0.1, 0.15) is 36.6 Å². The molecule has 0 fully saturated rings. The number of rotatable bonds is 10. The van der Waals surface area contributed by atoms with Crippen LogP contribution < -0.4 is 29.1 Å². The maximum absolute atomic E-state index is 14.1. The van der Waals surface area contributed by atoms with Gasteiger partial charge in [0.25, 0.3) is 5.56 Å². The predicted molar refractivity (Wildman–Crippen MR) is 175 cm³/mol. The van der Waals surface area contributed by atoms with Crippen molar-refractivity contribution in [2.24, 2.45) is 4.99 Å². The lowest BCUT2D eigenvalue weighted by atomic mass is 9.97. The number of nitrogens with zero attached hydrogens (tertiary/aromatic N) is 2. The summed E-state index contributed by atoms with van der Waals surface area (Å²) in [6.07, 6.45) is 3.10. The van der Waals surface area contributed by atoms with Crippen molar-refractivity contribution in [3.05, 3.63) is 117 Å². The number of esters is 1. The molecule has 1 aliphatic rings. The summed E-state index contributed by atoms with van der Waals surface area (Å²) in [5, 5.41) is 0.686. The molecule has 0 saturated carbocycles. The molecule has 8 nitrogen and oxygen atoms in total. The highest BCUT2D eigenvalue weighted by Gasteiger charge is 2.31. The van der Waals surface area contributed by atoms with Crippen molar-refractivity contribution in [3.63, 3.8) is 0 Å². The summed E-state index contributed by atoms with van der Waals surface area (Å²) in [6, 6.07) is 15.5. The number of methoxy groups -OCH3 is 1. The lowest BCUT2D eigenvalue weighted by Gasteiger charge is -2.23. The van der Waals surface area contributed by atoms with Crippen LogP contribution in [0.25, 0.3) is 6.08 Å². The van der Waals surface area contributed by atoms with E-state index < -0.39 is 12.0 Å². The van der Waals surface area contributed by atoms with Crippen LogP contribution in [0.15, 0.2) is 80.6 Å². The Morgan fingerprint density at radius 1 is 1.02 bits per heavy atom. The van der Waals surface area contributed by atoms with E-state index in [0.717, 1.165) is 10.0 Å². The Labute approximate surface area is 275 Å². The molecule has 0 bridgehead atoms. The van der Waals surface area contributed by atoms with Crippen LogP contribution in [0.5, 0.6) is 17.2 Å². The maximum Gasteiger partial charge on any atom is 0.337 e. The second-order valence-corrected chi connectivity index (χ2v) is 12.2. The second kappa shape index (κ2) is 14.0. The van der Waals surface area contributed by atoms with E-state index in [1.807, 2.05) is 38.1 Å². The zero-order valence-corrected chi connectivity index (χ0v) is 27.8. The van der Waals surface area contributed by atoms with Gasteiger partial charge in [-0.15, -0.1) is 0 Å². The molecule has 0 radical (unpaired) electrons. The van der Waals surface area contributed by atoms with Crippen molar-refractivity contribution >= 4 is 62.5 Å². The number of halogens is 3. The molecule has 3 aromatic carbocycles. The average Bonchev–Trinajstić information content (AvgIpc) is 3.32. The van der Waals surface area contributed by atoms with Gasteiger partial charge < -0.3 is 18.9 Å². The van der Waals surface area contributed by atoms with Gasteiger partial charge >= 0.3 is 5.97 Å². The molecule has 2 heterocycles.